The van der Waals surface area contributed by atoms with E-state index in [9.17, 15) is 4.79 Å². The van der Waals surface area contributed by atoms with Gasteiger partial charge in [-0.2, -0.15) is 0 Å². The van der Waals surface area contributed by atoms with Crippen molar-refractivity contribution < 1.29 is 14.3 Å². The van der Waals surface area contributed by atoms with Gasteiger partial charge >= 0.3 is 0 Å². The molecule has 0 saturated heterocycles. The van der Waals surface area contributed by atoms with Gasteiger partial charge in [0.25, 0.3) is 0 Å². The maximum absolute atomic E-state index is 12.3. The van der Waals surface area contributed by atoms with E-state index in [1.54, 1.807) is 7.11 Å². The van der Waals surface area contributed by atoms with Crippen molar-refractivity contribution in [3.05, 3.63) is 48.5 Å². The molecule has 1 amide bonds. The van der Waals surface area contributed by atoms with Gasteiger partial charge in [-0.3, -0.25) is 4.79 Å². The van der Waals surface area contributed by atoms with Gasteiger partial charge in [-0.15, -0.1) is 10.2 Å². The molecule has 0 spiro atoms. The second-order valence-corrected chi connectivity index (χ2v) is 7.02. The fourth-order valence-corrected chi connectivity index (χ4v) is 3.59. The molecule has 0 bridgehead atoms. The van der Waals surface area contributed by atoms with Crippen LogP contribution in [-0.4, -0.2) is 40.1 Å². The third kappa shape index (κ3) is 5.29. The highest BCUT2D eigenvalue weighted by molar-refractivity contribution is 7.99. The minimum absolute atomic E-state index is 0.104. The average Bonchev–Trinajstić information content (AvgIpc) is 3.17. The summed E-state index contributed by atoms with van der Waals surface area (Å²) < 4.78 is 12.7. The molecule has 0 radical (unpaired) electrons. The normalized spacial score (nSPS) is 10.6. The van der Waals surface area contributed by atoms with Gasteiger partial charge in [0.15, 0.2) is 11.0 Å². The smallest absolute Gasteiger partial charge is 0.234 e. The summed E-state index contributed by atoms with van der Waals surface area (Å²) in [5.41, 5.74) is 1.65. The number of amides is 1. The molecule has 1 aromatic heterocycles. The molecule has 7 nitrogen and oxygen atoms in total. The number of nitrogens with one attached hydrogen (secondary N) is 1. The largest absolute Gasteiger partial charge is 0.497 e. The Morgan fingerprint density at radius 2 is 1.90 bits per heavy atom. The van der Waals surface area contributed by atoms with E-state index in [1.165, 1.54) is 11.8 Å². The van der Waals surface area contributed by atoms with Crippen LogP contribution in [0.2, 0.25) is 0 Å². The highest BCUT2D eigenvalue weighted by atomic mass is 32.2. The summed E-state index contributed by atoms with van der Waals surface area (Å²) in [5.74, 6) is 2.43. The summed E-state index contributed by atoms with van der Waals surface area (Å²) in [6, 6.07) is 15.0. The number of nitrogens with zero attached hydrogens (tertiary/aromatic N) is 3. The lowest BCUT2D eigenvalue weighted by molar-refractivity contribution is -0.113. The first-order valence-electron chi connectivity index (χ1n) is 9.37. The number of methoxy groups -OCH3 is 1. The van der Waals surface area contributed by atoms with Crippen molar-refractivity contribution in [1.29, 1.82) is 0 Å². The molecule has 0 unspecified atom stereocenters. The van der Waals surface area contributed by atoms with Crippen molar-refractivity contribution in [3.63, 3.8) is 0 Å². The zero-order valence-electron chi connectivity index (χ0n) is 16.7. The number of carbonyl (C=O) groups is 1. The van der Waals surface area contributed by atoms with Crippen LogP contribution >= 0.6 is 11.8 Å². The fraction of sp³-hybridized carbons (Fsp3) is 0.286. The van der Waals surface area contributed by atoms with E-state index in [0.717, 1.165) is 28.6 Å². The van der Waals surface area contributed by atoms with Crippen molar-refractivity contribution >= 4 is 23.4 Å². The Bertz CT molecular complexity index is 957. The second kappa shape index (κ2) is 9.97. The van der Waals surface area contributed by atoms with Crippen molar-refractivity contribution in [3.8, 4) is 22.9 Å². The van der Waals surface area contributed by atoms with Gasteiger partial charge in [-0.1, -0.05) is 23.9 Å². The monoisotopic (exact) mass is 412 g/mol. The number of carbonyl (C=O) groups excluding carboxylic acids is 1. The minimum Gasteiger partial charge on any atom is -0.497 e. The van der Waals surface area contributed by atoms with E-state index in [2.05, 4.69) is 15.5 Å². The molecule has 2 aromatic carbocycles. The molecule has 0 atom stereocenters. The lowest BCUT2D eigenvalue weighted by atomic mass is 10.2. The van der Waals surface area contributed by atoms with Crippen LogP contribution in [0.15, 0.2) is 53.7 Å². The molecular formula is C21H24N4O3S. The van der Waals surface area contributed by atoms with Gasteiger partial charge in [0, 0.05) is 17.8 Å². The van der Waals surface area contributed by atoms with Gasteiger partial charge in [-0.05, 0) is 50.2 Å². The molecule has 29 heavy (non-hydrogen) atoms. The topological polar surface area (TPSA) is 78.3 Å². The number of rotatable bonds is 9. The maximum Gasteiger partial charge on any atom is 0.234 e. The van der Waals surface area contributed by atoms with Gasteiger partial charge in [-0.25, -0.2) is 0 Å². The van der Waals surface area contributed by atoms with E-state index in [0.29, 0.717) is 18.3 Å². The Morgan fingerprint density at radius 1 is 1.10 bits per heavy atom. The lowest BCUT2D eigenvalue weighted by Crippen LogP contribution is -2.14. The Kier molecular flexibility index (Phi) is 7.13. The molecule has 152 valence electrons. The molecule has 0 saturated carbocycles. The van der Waals surface area contributed by atoms with Crippen LogP contribution < -0.4 is 14.8 Å². The fourth-order valence-electron chi connectivity index (χ4n) is 2.78. The molecule has 3 aromatic rings. The first kappa shape index (κ1) is 20.7. The van der Waals surface area contributed by atoms with Gasteiger partial charge in [0.1, 0.15) is 11.5 Å². The molecule has 1 N–H and O–H groups in total. The Balaban J connectivity index is 1.64. The van der Waals surface area contributed by atoms with E-state index >= 15 is 0 Å². The Morgan fingerprint density at radius 3 is 2.59 bits per heavy atom. The molecule has 1 heterocycles. The highest BCUT2D eigenvalue weighted by Gasteiger charge is 2.15. The van der Waals surface area contributed by atoms with Crippen molar-refractivity contribution in [2.75, 3.05) is 24.8 Å². The van der Waals surface area contributed by atoms with Crippen molar-refractivity contribution in [1.82, 2.24) is 14.8 Å². The van der Waals surface area contributed by atoms with Crippen molar-refractivity contribution in [2.24, 2.45) is 0 Å². The van der Waals surface area contributed by atoms with Crippen LogP contribution in [-0.2, 0) is 11.3 Å². The van der Waals surface area contributed by atoms with Crippen LogP contribution in [0.4, 0.5) is 5.69 Å². The zero-order chi connectivity index (χ0) is 20.6. The molecule has 8 heteroatoms. The van der Waals surface area contributed by atoms with E-state index < -0.39 is 0 Å². The van der Waals surface area contributed by atoms with Gasteiger partial charge in [0.2, 0.25) is 5.91 Å². The van der Waals surface area contributed by atoms with Crippen LogP contribution in [0.1, 0.15) is 13.8 Å². The Hall–Kier alpha value is -3.00. The third-order valence-electron chi connectivity index (χ3n) is 4.14. The van der Waals surface area contributed by atoms with E-state index in [1.807, 2.05) is 66.9 Å². The molecule has 0 aliphatic carbocycles. The standard InChI is InChI=1S/C21H24N4O3S/c1-4-25-20(15-7-6-8-18(13-15)27-3)23-24-21(25)29-14-19(26)22-16-9-11-17(12-10-16)28-5-2/h6-13H,4-5,14H2,1-3H3,(H,22,26). The predicted octanol–water partition coefficient (Wildman–Crippen LogP) is 4.10. The molecule has 0 aliphatic heterocycles. The number of aromatic nitrogens is 3. The summed E-state index contributed by atoms with van der Waals surface area (Å²) in [6.07, 6.45) is 0. The number of ether oxygens (including phenoxy) is 2. The first-order chi connectivity index (χ1) is 14.1. The molecular weight excluding hydrogens is 388 g/mol. The molecule has 0 aliphatic rings. The molecule has 0 fully saturated rings. The lowest BCUT2D eigenvalue weighted by Gasteiger charge is -2.09. The highest BCUT2D eigenvalue weighted by Crippen LogP contribution is 2.26. The van der Waals surface area contributed by atoms with Crippen LogP contribution in [0, 0.1) is 0 Å². The predicted molar refractivity (Wildman–Crippen MR) is 115 cm³/mol. The number of anilines is 1. The average molecular weight is 413 g/mol. The van der Waals surface area contributed by atoms with Gasteiger partial charge < -0.3 is 19.4 Å². The van der Waals surface area contributed by atoms with E-state index in [4.69, 9.17) is 9.47 Å². The Labute approximate surface area is 174 Å². The van der Waals surface area contributed by atoms with Crippen molar-refractivity contribution in [2.45, 2.75) is 25.5 Å². The van der Waals surface area contributed by atoms with E-state index in [-0.39, 0.29) is 11.7 Å². The molecule has 3 rings (SSSR count). The van der Waals surface area contributed by atoms with Crippen LogP contribution in [0.3, 0.4) is 0 Å². The third-order valence-corrected chi connectivity index (χ3v) is 5.11. The maximum atomic E-state index is 12.3. The SMILES string of the molecule is CCOc1ccc(NC(=O)CSc2nnc(-c3cccc(OC)c3)n2CC)cc1. The number of hydrogen-bond donors (Lipinski definition) is 1. The summed E-state index contributed by atoms with van der Waals surface area (Å²) in [7, 11) is 1.63. The van der Waals surface area contributed by atoms with Crippen LogP contribution in [0.25, 0.3) is 11.4 Å². The zero-order valence-corrected chi connectivity index (χ0v) is 17.5. The minimum atomic E-state index is -0.104. The number of thioether (sulfide) groups is 1. The quantitative estimate of drug-likeness (QED) is 0.533. The number of hydrogen-bond acceptors (Lipinski definition) is 6. The summed E-state index contributed by atoms with van der Waals surface area (Å²) in [4.78, 5) is 12.3. The van der Waals surface area contributed by atoms with Crippen LogP contribution in [0.5, 0.6) is 11.5 Å². The first-order valence-corrected chi connectivity index (χ1v) is 10.4. The summed E-state index contributed by atoms with van der Waals surface area (Å²) in [6.45, 7) is 5.26. The number of benzene rings is 2. The summed E-state index contributed by atoms with van der Waals surface area (Å²) in [5, 5.41) is 12.2. The summed E-state index contributed by atoms with van der Waals surface area (Å²) >= 11 is 1.36. The second-order valence-electron chi connectivity index (χ2n) is 6.08. The van der Waals surface area contributed by atoms with Gasteiger partial charge in [0.05, 0.1) is 19.5 Å².